The Bertz CT molecular complexity index is 1150. The van der Waals surface area contributed by atoms with E-state index in [4.69, 9.17) is 5.14 Å². The zero-order valence-corrected chi connectivity index (χ0v) is 17.4. The van der Waals surface area contributed by atoms with Crippen LogP contribution in [0.5, 0.6) is 0 Å². The van der Waals surface area contributed by atoms with Gasteiger partial charge in [-0.05, 0) is 42.8 Å². The van der Waals surface area contributed by atoms with Gasteiger partial charge in [-0.25, -0.2) is 22.9 Å². The maximum atomic E-state index is 13.3. The number of primary sulfonamides is 1. The molecule has 0 aliphatic carbocycles. The molecule has 10 heteroatoms. The van der Waals surface area contributed by atoms with Crippen LogP contribution in [0.1, 0.15) is 19.8 Å². The molecule has 0 spiro atoms. The van der Waals surface area contributed by atoms with Crippen molar-refractivity contribution in [2.24, 2.45) is 5.14 Å². The molecular weight excluding hydrogens is 415 g/mol. The van der Waals surface area contributed by atoms with E-state index in [1.807, 2.05) is 4.57 Å². The number of imidazole rings is 1. The highest BCUT2D eigenvalue weighted by molar-refractivity contribution is 7.99. The summed E-state index contributed by atoms with van der Waals surface area (Å²) in [6, 6.07) is 10.2. The first-order valence-corrected chi connectivity index (χ1v) is 11.5. The van der Waals surface area contributed by atoms with Gasteiger partial charge in [-0.2, -0.15) is 0 Å². The molecule has 3 N–H and O–H groups in total. The van der Waals surface area contributed by atoms with E-state index >= 15 is 0 Å². The molecular formula is C19H21FN4O3S2. The van der Waals surface area contributed by atoms with Crippen LogP contribution in [0.25, 0.3) is 11.0 Å². The number of aromatic nitrogens is 2. The number of nitrogens with one attached hydrogen (secondary N) is 1. The quantitative estimate of drug-likeness (QED) is 0.527. The maximum Gasteiger partial charge on any atom is 0.238 e. The van der Waals surface area contributed by atoms with Crippen molar-refractivity contribution in [1.82, 2.24) is 9.55 Å². The number of sulfonamides is 1. The summed E-state index contributed by atoms with van der Waals surface area (Å²) < 4.78 is 38.4. The molecule has 0 unspecified atom stereocenters. The van der Waals surface area contributed by atoms with Gasteiger partial charge in [0.15, 0.2) is 5.16 Å². The predicted molar refractivity (Wildman–Crippen MR) is 112 cm³/mol. The Kier molecular flexibility index (Phi) is 6.56. The molecule has 0 bridgehead atoms. The van der Waals surface area contributed by atoms with Crippen molar-refractivity contribution < 1.29 is 17.6 Å². The highest BCUT2D eigenvalue weighted by Gasteiger charge is 2.16. The summed E-state index contributed by atoms with van der Waals surface area (Å²) >= 11 is 1.23. The maximum absolute atomic E-state index is 13.3. The van der Waals surface area contributed by atoms with Crippen molar-refractivity contribution in [2.75, 3.05) is 11.1 Å². The number of nitrogens with zero attached hydrogens (tertiary/aromatic N) is 2. The normalized spacial score (nSPS) is 11.7. The number of hydrogen-bond donors (Lipinski definition) is 2. The fourth-order valence-electron chi connectivity index (χ4n) is 2.80. The van der Waals surface area contributed by atoms with E-state index in [9.17, 15) is 17.6 Å². The largest absolute Gasteiger partial charge is 0.325 e. The van der Waals surface area contributed by atoms with Crippen LogP contribution in [0.4, 0.5) is 10.1 Å². The summed E-state index contributed by atoms with van der Waals surface area (Å²) in [5.74, 6) is -0.643. The zero-order valence-electron chi connectivity index (χ0n) is 15.8. The number of carbonyl (C=O) groups excluding carboxylic acids is 1. The number of fused-ring (bicyclic) bond motifs is 1. The molecule has 2 aromatic carbocycles. The summed E-state index contributed by atoms with van der Waals surface area (Å²) in [6.45, 7) is 2.76. The minimum Gasteiger partial charge on any atom is -0.325 e. The number of hydrogen-bond acceptors (Lipinski definition) is 5. The van der Waals surface area contributed by atoms with Crippen molar-refractivity contribution in [2.45, 2.75) is 36.4 Å². The van der Waals surface area contributed by atoms with Crippen LogP contribution < -0.4 is 10.5 Å². The SMILES string of the molecule is CCCCn1c(SCC(=O)Nc2cccc(F)c2)nc2cc(S(N)(=O)=O)ccc21. The molecule has 0 saturated heterocycles. The number of nitrogens with two attached hydrogens (primary N) is 1. The molecule has 0 radical (unpaired) electrons. The van der Waals surface area contributed by atoms with E-state index in [2.05, 4.69) is 17.2 Å². The predicted octanol–water partition coefficient (Wildman–Crippen LogP) is 3.35. The lowest BCUT2D eigenvalue weighted by Gasteiger charge is -2.09. The third kappa shape index (κ3) is 5.34. The van der Waals surface area contributed by atoms with Crippen molar-refractivity contribution >= 4 is 44.4 Å². The lowest BCUT2D eigenvalue weighted by atomic mass is 10.3. The van der Waals surface area contributed by atoms with Crippen LogP contribution in [-0.4, -0.2) is 29.6 Å². The lowest BCUT2D eigenvalue weighted by molar-refractivity contribution is -0.113. The van der Waals surface area contributed by atoms with Gasteiger partial charge < -0.3 is 9.88 Å². The Morgan fingerprint density at radius 1 is 1.28 bits per heavy atom. The lowest BCUT2D eigenvalue weighted by Crippen LogP contribution is -2.14. The van der Waals surface area contributed by atoms with Crippen molar-refractivity contribution in [3.63, 3.8) is 0 Å². The fourth-order valence-corrected chi connectivity index (χ4v) is 4.17. The number of benzene rings is 2. The van der Waals surface area contributed by atoms with Gasteiger partial charge >= 0.3 is 0 Å². The third-order valence-corrected chi connectivity index (χ3v) is 6.08. The Morgan fingerprint density at radius 2 is 2.07 bits per heavy atom. The average molecular weight is 437 g/mol. The number of aryl methyl sites for hydroxylation is 1. The number of unbranched alkanes of at least 4 members (excludes halogenated alkanes) is 1. The second-order valence-corrected chi connectivity index (χ2v) is 8.95. The average Bonchev–Trinajstić information content (AvgIpc) is 3.00. The fraction of sp³-hybridized carbons (Fsp3) is 0.263. The van der Waals surface area contributed by atoms with Crippen LogP contribution >= 0.6 is 11.8 Å². The number of halogens is 1. The summed E-state index contributed by atoms with van der Waals surface area (Å²) in [5.41, 5.74) is 1.66. The molecule has 1 heterocycles. The molecule has 0 fully saturated rings. The summed E-state index contributed by atoms with van der Waals surface area (Å²) in [7, 11) is -3.83. The third-order valence-electron chi connectivity index (χ3n) is 4.19. The zero-order chi connectivity index (χ0) is 21.0. The van der Waals surface area contributed by atoms with Crippen molar-refractivity contribution in [1.29, 1.82) is 0 Å². The molecule has 7 nitrogen and oxygen atoms in total. The molecule has 1 amide bonds. The van der Waals surface area contributed by atoms with Gasteiger partial charge in [0, 0.05) is 12.2 Å². The van der Waals surface area contributed by atoms with Gasteiger partial charge in [0.1, 0.15) is 5.82 Å². The summed E-state index contributed by atoms with van der Waals surface area (Å²) in [6.07, 6.45) is 1.88. The Labute approximate surface area is 172 Å². The van der Waals surface area contributed by atoms with Crippen LogP contribution in [0.3, 0.4) is 0 Å². The van der Waals surface area contributed by atoms with Gasteiger partial charge in [0.2, 0.25) is 15.9 Å². The molecule has 29 heavy (non-hydrogen) atoms. The van der Waals surface area contributed by atoms with E-state index < -0.39 is 15.8 Å². The molecule has 0 aliphatic rings. The van der Waals surface area contributed by atoms with Gasteiger partial charge in [-0.15, -0.1) is 0 Å². The number of amides is 1. The van der Waals surface area contributed by atoms with Crippen LogP contribution in [0, 0.1) is 5.82 Å². The van der Waals surface area contributed by atoms with E-state index in [1.165, 1.54) is 42.1 Å². The molecule has 154 valence electrons. The van der Waals surface area contributed by atoms with Crippen molar-refractivity contribution in [3.8, 4) is 0 Å². The molecule has 0 saturated carbocycles. The number of rotatable bonds is 8. The van der Waals surface area contributed by atoms with E-state index in [-0.39, 0.29) is 16.6 Å². The summed E-state index contributed by atoms with van der Waals surface area (Å²) in [5, 5.41) is 8.46. The van der Waals surface area contributed by atoms with E-state index in [0.717, 1.165) is 18.4 Å². The van der Waals surface area contributed by atoms with Gasteiger partial charge in [-0.3, -0.25) is 4.79 Å². The van der Waals surface area contributed by atoms with Crippen molar-refractivity contribution in [3.05, 3.63) is 48.3 Å². The first-order chi connectivity index (χ1) is 13.8. The molecule has 1 aromatic heterocycles. The van der Waals surface area contributed by atoms with Crippen LogP contribution in [0.15, 0.2) is 52.5 Å². The first kappa shape index (κ1) is 21.3. The topological polar surface area (TPSA) is 107 Å². The van der Waals surface area contributed by atoms with Gasteiger partial charge in [-0.1, -0.05) is 31.2 Å². The molecule has 3 aromatic rings. The van der Waals surface area contributed by atoms with E-state index in [1.54, 1.807) is 12.1 Å². The number of carbonyl (C=O) groups is 1. The highest BCUT2D eigenvalue weighted by atomic mass is 32.2. The second kappa shape index (κ2) is 8.93. The Balaban J connectivity index is 1.82. The molecule has 3 rings (SSSR count). The van der Waals surface area contributed by atoms with Gasteiger partial charge in [0.05, 0.1) is 21.7 Å². The minimum atomic E-state index is -3.83. The molecule has 0 aliphatic heterocycles. The highest BCUT2D eigenvalue weighted by Crippen LogP contribution is 2.26. The minimum absolute atomic E-state index is 0.00876. The van der Waals surface area contributed by atoms with Crippen LogP contribution in [0.2, 0.25) is 0 Å². The number of thioether (sulfide) groups is 1. The first-order valence-electron chi connectivity index (χ1n) is 8.99. The molecule has 0 atom stereocenters. The second-order valence-electron chi connectivity index (χ2n) is 6.44. The summed E-state index contributed by atoms with van der Waals surface area (Å²) in [4.78, 5) is 16.7. The van der Waals surface area contributed by atoms with Gasteiger partial charge in [0.25, 0.3) is 0 Å². The monoisotopic (exact) mass is 436 g/mol. The standard InChI is InChI=1S/C19H21FN4O3S2/c1-2-3-9-24-17-8-7-15(29(21,26)27)11-16(17)23-19(24)28-12-18(25)22-14-6-4-5-13(20)10-14/h4-8,10-11H,2-3,9,12H2,1H3,(H,22,25)(H2,21,26,27). The Hall–Kier alpha value is -2.43. The Morgan fingerprint density at radius 3 is 2.76 bits per heavy atom. The van der Waals surface area contributed by atoms with E-state index in [0.29, 0.717) is 22.9 Å². The number of anilines is 1. The smallest absolute Gasteiger partial charge is 0.238 e. The van der Waals surface area contributed by atoms with Crippen LogP contribution in [-0.2, 0) is 21.4 Å².